The second kappa shape index (κ2) is 5.96. The molecule has 0 bridgehead atoms. The molecule has 116 valence electrons. The zero-order chi connectivity index (χ0) is 16.4. The lowest BCUT2D eigenvalue weighted by Crippen LogP contribution is -2.20. The number of benzene rings is 2. The highest BCUT2D eigenvalue weighted by Crippen LogP contribution is 2.22. The molecule has 3 aromatic rings. The first-order valence-electron chi connectivity index (χ1n) is 7.07. The molecule has 1 heterocycles. The van der Waals surface area contributed by atoms with E-state index in [1.807, 2.05) is 30.3 Å². The Morgan fingerprint density at radius 3 is 2.65 bits per heavy atom. The number of hydrogen-bond donors (Lipinski definition) is 0. The number of oxazole rings is 1. The molecule has 5 nitrogen and oxygen atoms in total. The SMILES string of the molecule is C=CC(=O)n1c(=O)oc2cccc(Cc3ccc(OC)cc3)c21. The van der Waals surface area contributed by atoms with Crippen LogP contribution in [0.5, 0.6) is 5.75 Å². The van der Waals surface area contributed by atoms with Crippen molar-refractivity contribution in [1.29, 1.82) is 0 Å². The zero-order valence-electron chi connectivity index (χ0n) is 12.6. The van der Waals surface area contributed by atoms with Crippen LogP contribution >= 0.6 is 0 Å². The lowest BCUT2D eigenvalue weighted by molar-refractivity contribution is 0.0966. The van der Waals surface area contributed by atoms with E-state index in [1.165, 1.54) is 0 Å². The molecule has 2 aromatic carbocycles. The van der Waals surface area contributed by atoms with Crippen LogP contribution in [0.15, 0.2) is 64.3 Å². The summed E-state index contributed by atoms with van der Waals surface area (Å²) in [4.78, 5) is 23.9. The molecule has 0 radical (unpaired) electrons. The Labute approximate surface area is 132 Å². The summed E-state index contributed by atoms with van der Waals surface area (Å²) in [5.41, 5.74) is 2.73. The van der Waals surface area contributed by atoms with E-state index in [2.05, 4.69) is 6.58 Å². The number of fused-ring (bicyclic) bond motifs is 1. The molecule has 0 aliphatic heterocycles. The summed E-state index contributed by atoms with van der Waals surface area (Å²) in [6, 6.07) is 13.0. The summed E-state index contributed by atoms with van der Waals surface area (Å²) in [6.45, 7) is 3.43. The number of rotatable bonds is 4. The van der Waals surface area contributed by atoms with E-state index in [1.54, 1.807) is 19.2 Å². The van der Waals surface area contributed by atoms with Gasteiger partial charge < -0.3 is 9.15 Å². The average Bonchev–Trinajstić information content (AvgIpc) is 2.92. The van der Waals surface area contributed by atoms with Gasteiger partial charge in [0.1, 0.15) is 11.3 Å². The minimum Gasteiger partial charge on any atom is -0.497 e. The van der Waals surface area contributed by atoms with Crippen molar-refractivity contribution < 1.29 is 13.9 Å². The average molecular weight is 309 g/mol. The van der Waals surface area contributed by atoms with Gasteiger partial charge in [0.05, 0.1) is 7.11 Å². The Balaban J connectivity index is 2.11. The van der Waals surface area contributed by atoms with Crippen molar-refractivity contribution in [3.8, 4) is 5.75 Å². The van der Waals surface area contributed by atoms with Crippen LogP contribution in [0.3, 0.4) is 0 Å². The number of aromatic nitrogens is 1. The van der Waals surface area contributed by atoms with E-state index in [4.69, 9.17) is 9.15 Å². The first kappa shape index (κ1) is 14.8. The minimum atomic E-state index is -0.702. The van der Waals surface area contributed by atoms with Crippen molar-refractivity contribution in [3.63, 3.8) is 0 Å². The molecule has 1 aromatic heterocycles. The van der Waals surface area contributed by atoms with Crippen molar-refractivity contribution in [2.45, 2.75) is 6.42 Å². The van der Waals surface area contributed by atoms with Crippen molar-refractivity contribution in [3.05, 3.63) is 76.8 Å². The number of hydrogen-bond acceptors (Lipinski definition) is 4. The summed E-state index contributed by atoms with van der Waals surface area (Å²) in [7, 11) is 1.61. The van der Waals surface area contributed by atoms with Crippen LogP contribution < -0.4 is 10.5 Å². The Hall–Kier alpha value is -3.08. The van der Waals surface area contributed by atoms with Crippen LogP contribution in [0.1, 0.15) is 15.9 Å². The molecular weight excluding hydrogens is 294 g/mol. The topological polar surface area (TPSA) is 61.4 Å². The quantitative estimate of drug-likeness (QED) is 0.695. The zero-order valence-corrected chi connectivity index (χ0v) is 12.6. The van der Waals surface area contributed by atoms with E-state index in [9.17, 15) is 9.59 Å². The van der Waals surface area contributed by atoms with Gasteiger partial charge in [0, 0.05) is 0 Å². The molecular formula is C18H15NO4. The molecule has 0 amide bonds. The Kier molecular flexibility index (Phi) is 3.85. The number of nitrogens with zero attached hydrogens (tertiary/aromatic N) is 1. The van der Waals surface area contributed by atoms with Crippen LogP contribution in [0.25, 0.3) is 11.1 Å². The number of carbonyl (C=O) groups excluding carboxylic acids is 1. The molecule has 0 saturated heterocycles. The summed E-state index contributed by atoms with van der Waals surface area (Å²) < 4.78 is 11.3. The molecule has 0 atom stereocenters. The van der Waals surface area contributed by atoms with Gasteiger partial charge in [-0.3, -0.25) is 4.79 Å². The summed E-state index contributed by atoms with van der Waals surface area (Å²) >= 11 is 0. The number of ether oxygens (including phenoxy) is 1. The molecule has 23 heavy (non-hydrogen) atoms. The number of methoxy groups -OCH3 is 1. The first-order chi connectivity index (χ1) is 11.1. The second-order valence-corrected chi connectivity index (χ2v) is 5.03. The van der Waals surface area contributed by atoms with Crippen molar-refractivity contribution >= 4 is 17.0 Å². The predicted molar refractivity (Wildman–Crippen MR) is 87.1 cm³/mol. The maximum absolute atomic E-state index is 12.0. The van der Waals surface area contributed by atoms with Gasteiger partial charge in [-0.25, -0.2) is 9.36 Å². The third-order valence-electron chi connectivity index (χ3n) is 3.63. The van der Waals surface area contributed by atoms with Crippen molar-refractivity contribution in [2.75, 3.05) is 7.11 Å². The fraction of sp³-hybridized carbons (Fsp3) is 0.111. The molecule has 0 spiro atoms. The Bertz CT molecular complexity index is 932. The Morgan fingerprint density at radius 2 is 2.00 bits per heavy atom. The van der Waals surface area contributed by atoms with E-state index in [0.29, 0.717) is 17.5 Å². The van der Waals surface area contributed by atoms with Gasteiger partial charge in [-0.05, 0) is 41.8 Å². The fourth-order valence-electron chi connectivity index (χ4n) is 2.53. The predicted octanol–water partition coefficient (Wildman–Crippen LogP) is 3.02. The van der Waals surface area contributed by atoms with E-state index in [-0.39, 0.29) is 0 Å². The third-order valence-corrected chi connectivity index (χ3v) is 3.63. The number of para-hydroxylation sites is 1. The van der Waals surface area contributed by atoms with Gasteiger partial charge in [0.25, 0.3) is 5.91 Å². The second-order valence-electron chi connectivity index (χ2n) is 5.03. The molecule has 0 saturated carbocycles. The van der Waals surface area contributed by atoms with Crippen LogP contribution in [0, 0.1) is 0 Å². The van der Waals surface area contributed by atoms with Gasteiger partial charge in [0.2, 0.25) is 0 Å². The summed E-state index contributed by atoms with van der Waals surface area (Å²) in [5.74, 6) is -0.433. The lowest BCUT2D eigenvalue weighted by atomic mass is 10.0. The van der Waals surface area contributed by atoms with E-state index in [0.717, 1.165) is 27.5 Å². The third kappa shape index (κ3) is 2.68. The Morgan fingerprint density at radius 1 is 1.26 bits per heavy atom. The molecule has 0 unspecified atom stereocenters. The van der Waals surface area contributed by atoms with E-state index >= 15 is 0 Å². The fourth-order valence-corrected chi connectivity index (χ4v) is 2.53. The van der Waals surface area contributed by atoms with E-state index < -0.39 is 11.7 Å². The van der Waals surface area contributed by atoms with Gasteiger partial charge in [0.15, 0.2) is 5.58 Å². The molecule has 0 N–H and O–H groups in total. The highest BCUT2D eigenvalue weighted by molar-refractivity contribution is 5.96. The highest BCUT2D eigenvalue weighted by atomic mass is 16.5. The molecule has 0 aliphatic rings. The molecule has 5 heteroatoms. The largest absolute Gasteiger partial charge is 0.497 e. The van der Waals surface area contributed by atoms with Gasteiger partial charge >= 0.3 is 5.76 Å². The number of carbonyl (C=O) groups is 1. The minimum absolute atomic E-state index is 0.385. The van der Waals surface area contributed by atoms with Crippen LogP contribution in [-0.2, 0) is 6.42 Å². The summed E-state index contributed by atoms with van der Waals surface area (Å²) in [6.07, 6.45) is 1.66. The maximum atomic E-state index is 12.0. The van der Waals surface area contributed by atoms with Crippen LogP contribution in [0.2, 0.25) is 0 Å². The molecule has 0 fully saturated rings. The highest BCUT2D eigenvalue weighted by Gasteiger charge is 2.17. The van der Waals surface area contributed by atoms with Gasteiger partial charge in [-0.1, -0.05) is 30.8 Å². The maximum Gasteiger partial charge on any atom is 0.427 e. The smallest absolute Gasteiger partial charge is 0.427 e. The summed E-state index contributed by atoms with van der Waals surface area (Å²) in [5, 5.41) is 0. The van der Waals surface area contributed by atoms with Crippen LogP contribution in [0.4, 0.5) is 0 Å². The first-order valence-corrected chi connectivity index (χ1v) is 7.07. The lowest BCUT2D eigenvalue weighted by Gasteiger charge is -2.06. The standard InChI is InChI=1S/C18H15NO4/c1-3-16(20)19-17-13(5-4-6-15(17)23-18(19)21)11-12-7-9-14(22-2)10-8-12/h3-10H,1,11H2,2H3. The van der Waals surface area contributed by atoms with Crippen LogP contribution in [-0.4, -0.2) is 17.6 Å². The van der Waals surface area contributed by atoms with Crippen molar-refractivity contribution in [1.82, 2.24) is 4.57 Å². The van der Waals surface area contributed by atoms with Gasteiger partial charge in [-0.2, -0.15) is 0 Å². The van der Waals surface area contributed by atoms with Crippen molar-refractivity contribution in [2.24, 2.45) is 0 Å². The monoisotopic (exact) mass is 309 g/mol. The number of allylic oxidation sites excluding steroid dienone is 1. The molecule has 0 aliphatic carbocycles. The normalized spacial score (nSPS) is 10.7. The van der Waals surface area contributed by atoms with Gasteiger partial charge in [-0.15, -0.1) is 0 Å². The molecule has 3 rings (SSSR count).